The molecule has 0 saturated carbocycles. The van der Waals surface area contributed by atoms with Gasteiger partial charge in [0.1, 0.15) is 12.2 Å². The van der Waals surface area contributed by atoms with Crippen molar-refractivity contribution in [1.82, 2.24) is 20.1 Å². The van der Waals surface area contributed by atoms with Crippen LogP contribution in [0.2, 0.25) is 0 Å². The van der Waals surface area contributed by atoms with Crippen LogP contribution in [-0.4, -0.2) is 33.8 Å². The Morgan fingerprint density at radius 2 is 2.25 bits per heavy atom. The quantitative estimate of drug-likeness (QED) is 0.883. The number of benzene rings is 1. The molecule has 1 atom stereocenters. The highest BCUT2D eigenvalue weighted by Gasteiger charge is 2.22. The van der Waals surface area contributed by atoms with Crippen molar-refractivity contribution >= 4 is 5.91 Å². The van der Waals surface area contributed by atoms with E-state index in [0.717, 1.165) is 17.8 Å². The van der Waals surface area contributed by atoms with E-state index in [1.54, 1.807) is 6.33 Å². The van der Waals surface area contributed by atoms with Gasteiger partial charge < -0.3 is 14.6 Å². The first-order chi connectivity index (χ1) is 11.6. The molecule has 0 radical (unpaired) electrons. The standard InChI is InChI=1S/C18H24N4O2/c1-13(2)18-21-20-12-22(18)9-8-19-17(23)11-16-15-6-4-3-5-14(15)7-10-24-16/h3-6,12-13,16H,7-11H2,1-2H3,(H,19,23)/t16-/m1/s1. The summed E-state index contributed by atoms with van der Waals surface area (Å²) in [7, 11) is 0. The van der Waals surface area contributed by atoms with Crippen molar-refractivity contribution in [3.8, 4) is 0 Å². The summed E-state index contributed by atoms with van der Waals surface area (Å²) in [5.41, 5.74) is 2.42. The van der Waals surface area contributed by atoms with E-state index in [9.17, 15) is 4.79 Å². The number of rotatable bonds is 6. The Morgan fingerprint density at radius 3 is 3.08 bits per heavy atom. The first-order valence-corrected chi connectivity index (χ1v) is 8.49. The van der Waals surface area contributed by atoms with E-state index in [1.807, 2.05) is 16.7 Å². The molecule has 0 spiro atoms. The van der Waals surface area contributed by atoms with Gasteiger partial charge >= 0.3 is 0 Å². The minimum atomic E-state index is -0.143. The van der Waals surface area contributed by atoms with Crippen molar-refractivity contribution in [3.63, 3.8) is 0 Å². The Hall–Kier alpha value is -2.21. The van der Waals surface area contributed by atoms with E-state index in [-0.39, 0.29) is 12.0 Å². The topological polar surface area (TPSA) is 69.0 Å². The maximum atomic E-state index is 12.2. The lowest BCUT2D eigenvalue weighted by molar-refractivity contribution is -0.124. The van der Waals surface area contributed by atoms with Crippen LogP contribution in [0.15, 0.2) is 30.6 Å². The van der Waals surface area contributed by atoms with Crippen LogP contribution in [0.3, 0.4) is 0 Å². The molecule has 0 fully saturated rings. The van der Waals surface area contributed by atoms with Crippen molar-refractivity contribution < 1.29 is 9.53 Å². The van der Waals surface area contributed by atoms with Crippen molar-refractivity contribution in [2.45, 2.75) is 45.3 Å². The number of nitrogens with zero attached hydrogens (tertiary/aromatic N) is 3. The van der Waals surface area contributed by atoms with E-state index in [1.165, 1.54) is 5.56 Å². The van der Waals surface area contributed by atoms with Crippen molar-refractivity contribution in [3.05, 3.63) is 47.5 Å². The molecule has 1 aliphatic heterocycles. The Bertz CT molecular complexity index is 696. The van der Waals surface area contributed by atoms with Gasteiger partial charge in [-0.15, -0.1) is 10.2 Å². The van der Waals surface area contributed by atoms with Crippen LogP contribution in [0.25, 0.3) is 0 Å². The Kier molecular flexibility index (Phi) is 5.25. The number of carbonyl (C=O) groups excluding carboxylic acids is 1. The summed E-state index contributed by atoms with van der Waals surface area (Å²) in [5, 5.41) is 11.0. The van der Waals surface area contributed by atoms with Crippen LogP contribution in [0.5, 0.6) is 0 Å². The van der Waals surface area contributed by atoms with Gasteiger partial charge in [0.05, 0.1) is 19.1 Å². The number of nitrogens with one attached hydrogen (secondary N) is 1. The first kappa shape index (κ1) is 16.6. The Labute approximate surface area is 142 Å². The zero-order chi connectivity index (χ0) is 16.9. The molecule has 24 heavy (non-hydrogen) atoms. The lowest BCUT2D eigenvalue weighted by Crippen LogP contribution is -2.30. The normalized spacial score (nSPS) is 16.9. The second-order valence-electron chi connectivity index (χ2n) is 6.40. The van der Waals surface area contributed by atoms with Gasteiger partial charge in [0, 0.05) is 19.0 Å². The van der Waals surface area contributed by atoms with E-state index < -0.39 is 0 Å². The van der Waals surface area contributed by atoms with Crippen LogP contribution in [0.4, 0.5) is 0 Å². The number of amides is 1. The fourth-order valence-electron chi connectivity index (χ4n) is 3.09. The van der Waals surface area contributed by atoms with Gasteiger partial charge in [-0.05, 0) is 17.5 Å². The van der Waals surface area contributed by atoms with Crippen LogP contribution in [0, 0.1) is 0 Å². The molecule has 1 amide bonds. The molecule has 0 bridgehead atoms. The minimum absolute atomic E-state index is 0.0101. The number of aromatic nitrogens is 3. The zero-order valence-electron chi connectivity index (χ0n) is 14.2. The molecule has 2 aromatic rings. The number of fused-ring (bicyclic) bond motifs is 1. The molecule has 0 unspecified atom stereocenters. The molecule has 0 aliphatic carbocycles. The third-order valence-corrected chi connectivity index (χ3v) is 4.30. The van der Waals surface area contributed by atoms with Gasteiger partial charge in [-0.1, -0.05) is 38.1 Å². The fraction of sp³-hybridized carbons (Fsp3) is 0.500. The lowest BCUT2D eigenvalue weighted by atomic mass is 9.96. The van der Waals surface area contributed by atoms with E-state index in [0.29, 0.717) is 32.0 Å². The van der Waals surface area contributed by atoms with E-state index >= 15 is 0 Å². The Morgan fingerprint density at radius 1 is 1.42 bits per heavy atom. The SMILES string of the molecule is CC(C)c1nncn1CCNC(=O)C[C@H]1OCCc2ccccc21. The van der Waals surface area contributed by atoms with Gasteiger partial charge in [-0.2, -0.15) is 0 Å². The molecule has 1 aromatic carbocycles. The van der Waals surface area contributed by atoms with Crippen molar-refractivity contribution in [2.75, 3.05) is 13.2 Å². The second-order valence-corrected chi connectivity index (χ2v) is 6.40. The van der Waals surface area contributed by atoms with Crippen LogP contribution in [-0.2, 0) is 22.5 Å². The lowest BCUT2D eigenvalue weighted by Gasteiger charge is -2.25. The van der Waals surface area contributed by atoms with Crippen molar-refractivity contribution in [1.29, 1.82) is 0 Å². The number of hydrogen-bond donors (Lipinski definition) is 1. The summed E-state index contributed by atoms with van der Waals surface area (Å²) < 4.78 is 7.78. The largest absolute Gasteiger partial charge is 0.373 e. The van der Waals surface area contributed by atoms with Gasteiger partial charge in [0.2, 0.25) is 5.91 Å². The average molecular weight is 328 g/mol. The van der Waals surface area contributed by atoms with Crippen LogP contribution >= 0.6 is 0 Å². The van der Waals surface area contributed by atoms with E-state index in [2.05, 4.69) is 41.5 Å². The molecule has 1 aromatic heterocycles. The maximum Gasteiger partial charge on any atom is 0.223 e. The van der Waals surface area contributed by atoms with E-state index in [4.69, 9.17) is 4.74 Å². The minimum Gasteiger partial charge on any atom is -0.373 e. The molecule has 6 heteroatoms. The maximum absolute atomic E-state index is 12.2. The van der Waals surface area contributed by atoms with Crippen LogP contribution < -0.4 is 5.32 Å². The van der Waals surface area contributed by atoms with Gasteiger partial charge in [0.25, 0.3) is 0 Å². The molecular weight excluding hydrogens is 304 g/mol. The predicted molar refractivity (Wildman–Crippen MR) is 90.6 cm³/mol. The summed E-state index contributed by atoms with van der Waals surface area (Å²) >= 11 is 0. The predicted octanol–water partition coefficient (Wildman–Crippen LogP) is 2.22. The average Bonchev–Trinajstić information content (AvgIpc) is 3.04. The Balaban J connectivity index is 1.51. The van der Waals surface area contributed by atoms with Gasteiger partial charge in [0.15, 0.2) is 0 Å². The van der Waals surface area contributed by atoms with Crippen molar-refractivity contribution in [2.24, 2.45) is 0 Å². The molecule has 2 heterocycles. The third-order valence-electron chi connectivity index (χ3n) is 4.30. The monoisotopic (exact) mass is 328 g/mol. The summed E-state index contributed by atoms with van der Waals surface area (Å²) in [5.74, 6) is 1.26. The highest BCUT2D eigenvalue weighted by molar-refractivity contribution is 5.76. The summed E-state index contributed by atoms with van der Waals surface area (Å²) in [6.07, 6.45) is 2.84. The molecular formula is C18H24N4O2. The molecule has 128 valence electrons. The number of ether oxygens (including phenoxy) is 1. The molecule has 1 N–H and O–H groups in total. The zero-order valence-corrected chi connectivity index (χ0v) is 14.2. The highest BCUT2D eigenvalue weighted by Crippen LogP contribution is 2.29. The smallest absolute Gasteiger partial charge is 0.223 e. The van der Waals surface area contributed by atoms with Crippen LogP contribution in [0.1, 0.15) is 49.2 Å². The summed E-state index contributed by atoms with van der Waals surface area (Å²) in [4.78, 5) is 12.2. The summed E-state index contributed by atoms with van der Waals surface area (Å²) in [6, 6.07) is 8.20. The second kappa shape index (κ2) is 7.57. The molecule has 3 rings (SSSR count). The molecule has 6 nitrogen and oxygen atoms in total. The molecule has 1 aliphatic rings. The summed E-state index contributed by atoms with van der Waals surface area (Å²) in [6.45, 7) is 6.07. The first-order valence-electron chi connectivity index (χ1n) is 8.49. The number of hydrogen-bond acceptors (Lipinski definition) is 4. The number of carbonyl (C=O) groups is 1. The molecule has 0 saturated heterocycles. The van der Waals surface area contributed by atoms with Gasteiger partial charge in [-0.3, -0.25) is 4.79 Å². The third kappa shape index (κ3) is 3.82. The fourth-order valence-corrected chi connectivity index (χ4v) is 3.09. The highest BCUT2D eigenvalue weighted by atomic mass is 16.5. The van der Waals surface area contributed by atoms with Gasteiger partial charge in [-0.25, -0.2) is 0 Å².